The van der Waals surface area contributed by atoms with Crippen LogP contribution in [0.4, 0.5) is 18.9 Å². The van der Waals surface area contributed by atoms with E-state index in [0.29, 0.717) is 34.8 Å². The Bertz CT molecular complexity index is 1230. The van der Waals surface area contributed by atoms with Gasteiger partial charge in [0.25, 0.3) is 0 Å². The number of hydrogen-bond acceptors (Lipinski definition) is 7. The molecule has 4 rings (SSSR count). The van der Waals surface area contributed by atoms with Crippen molar-refractivity contribution < 1.29 is 17.9 Å². The van der Waals surface area contributed by atoms with E-state index in [9.17, 15) is 13.2 Å². The molecule has 0 atom stereocenters. The molecule has 0 bridgehead atoms. The lowest BCUT2D eigenvalue weighted by Gasteiger charge is -2.38. The third kappa shape index (κ3) is 4.73. The molecule has 8 nitrogen and oxygen atoms in total. The number of allylic oxidation sites excluding steroid dienone is 1. The van der Waals surface area contributed by atoms with Crippen LogP contribution in [0, 0.1) is 5.41 Å². The number of rotatable bonds is 4. The summed E-state index contributed by atoms with van der Waals surface area (Å²) in [5.41, 5.74) is 14.9. The van der Waals surface area contributed by atoms with Gasteiger partial charge in [0.2, 0.25) is 5.96 Å². The van der Waals surface area contributed by atoms with Crippen molar-refractivity contribution in [2.75, 3.05) is 11.4 Å². The van der Waals surface area contributed by atoms with Gasteiger partial charge >= 0.3 is 6.36 Å². The summed E-state index contributed by atoms with van der Waals surface area (Å²) in [6.07, 6.45) is 3.49. The summed E-state index contributed by atoms with van der Waals surface area (Å²) in [6.45, 7) is 6.77. The van der Waals surface area contributed by atoms with Crippen LogP contribution in [0.5, 0.6) is 5.75 Å². The highest BCUT2D eigenvalue weighted by Gasteiger charge is 2.36. The molecule has 2 aliphatic rings. The smallest absolute Gasteiger partial charge is 0.404 e. The molecule has 4 N–H and O–H groups in total. The van der Waals surface area contributed by atoms with Crippen molar-refractivity contribution in [3.05, 3.63) is 66.2 Å². The highest BCUT2D eigenvalue weighted by Crippen LogP contribution is 2.41. The predicted molar refractivity (Wildman–Crippen MR) is 124 cm³/mol. The van der Waals surface area contributed by atoms with E-state index < -0.39 is 12.1 Å². The van der Waals surface area contributed by atoms with Gasteiger partial charge in [0.15, 0.2) is 5.75 Å². The van der Waals surface area contributed by atoms with E-state index in [2.05, 4.69) is 35.6 Å². The zero-order valence-corrected chi connectivity index (χ0v) is 19.3. The quantitative estimate of drug-likeness (QED) is 0.697. The molecule has 2 aliphatic heterocycles. The molecular weight excluding hydrogens is 447 g/mol. The Labute approximate surface area is 195 Å². The first-order chi connectivity index (χ1) is 15.8. The van der Waals surface area contributed by atoms with Gasteiger partial charge < -0.3 is 21.1 Å². The number of nitrogens with zero attached hydrogens (tertiary/aromatic N) is 5. The number of aryl methyl sites for hydroxylation is 1. The molecule has 0 saturated heterocycles. The molecule has 11 heteroatoms. The molecule has 34 heavy (non-hydrogen) atoms. The first-order valence-electron chi connectivity index (χ1n) is 10.5. The number of benzene rings is 1. The molecule has 0 unspecified atom stereocenters. The van der Waals surface area contributed by atoms with Crippen molar-refractivity contribution in [2.24, 2.45) is 28.9 Å². The summed E-state index contributed by atoms with van der Waals surface area (Å²) >= 11 is 0. The van der Waals surface area contributed by atoms with Crippen LogP contribution >= 0.6 is 0 Å². The van der Waals surface area contributed by atoms with E-state index >= 15 is 0 Å². The second kappa shape index (κ2) is 8.15. The molecule has 0 radical (unpaired) electrons. The molecule has 1 aromatic heterocycles. The minimum Gasteiger partial charge on any atom is -0.404 e. The Hall–Kier alpha value is -3.89. The number of alkyl halides is 3. The Kier molecular flexibility index (Phi) is 5.58. The summed E-state index contributed by atoms with van der Waals surface area (Å²) < 4.78 is 46.2. The van der Waals surface area contributed by atoms with Crippen molar-refractivity contribution in [1.82, 2.24) is 14.7 Å². The normalized spacial score (nSPS) is 16.4. The van der Waals surface area contributed by atoms with Gasteiger partial charge in [-0.15, -0.1) is 13.2 Å². The molecule has 0 amide bonds. The first kappa shape index (κ1) is 23.3. The summed E-state index contributed by atoms with van der Waals surface area (Å²) in [6, 6.07) is 4.47. The number of anilines is 1. The average Bonchev–Trinajstić information content (AvgIpc) is 3.15. The largest absolute Gasteiger partial charge is 0.573 e. The minimum absolute atomic E-state index is 0.0335. The molecule has 1 aromatic carbocycles. The topological polar surface area (TPSA) is 97.9 Å². The van der Waals surface area contributed by atoms with E-state index in [4.69, 9.17) is 11.5 Å². The predicted octanol–water partition coefficient (Wildman–Crippen LogP) is 4.01. The Balaban J connectivity index is 1.85. The van der Waals surface area contributed by atoms with Crippen LogP contribution in [0.2, 0.25) is 0 Å². The van der Waals surface area contributed by atoms with Crippen molar-refractivity contribution in [3.63, 3.8) is 0 Å². The van der Waals surface area contributed by atoms with E-state index in [1.165, 1.54) is 23.2 Å². The lowest BCUT2D eigenvalue weighted by Crippen LogP contribution is -2.44. The molecular formula is C23H26F3N7O. The van der Waals surface area contributed by atoms with Crippen LogP contribution in [-0.2, 0) is 7.05 Å². The summed E-state index contributed by atoms with van der Waals surface area (Å²) in [7, 11) is 1.72. The highest BCUT2D eigenvalue weighted by atomic mass is 19.4. The van der Waals surface area contributed by atoms with Crippen molar-refractivity contribution in [2.45, 2.75) is 27.1 Å². The van der Waals surface area contributed by atoms with E-state index in [0.717, 1.165) is 0 Å². The Morgan fingerprint density at radius 2 is 1.82 bits per heavy atom. The van der Waals surface area contributed by atoms with Crippen LogP contribution in [0.25, 0.3) is 11.1 Å². The fourth-order valence-corrected chi connectivity index (χ4v) is 3.82. The fourth-order valence-electron chi connectivity index (χ4n) is 3.82. The molecule has 0 aliphatic carbocycles. The second-order valence-electron chi connectivity index (χ2n) is 9.28. The van der Waals surface area contributed by atoms with Gasteiger partial charge in [-0.25, -0.2) is 4.99 Å². The van der Waals surface area contributed by atoms with Crippen molar-refractivity contribution in [3.8, 4) is 16.9 Å². The minimum atomic E-state index is -4.92. The molecule has 180 valence electrons. The van der Waals surface area contributed by atoms with Gasteiger partial charge in [0, 0.05) is 43.3 Å². The number of halogens is 3. The average molecular weight is 474 g/mol. The number of guanidine groups is 1. The van der Waals surface area contributed by atoms with E-state index in [-0.39, 0.29) is 17.1 Å². The first-order valence-corrected chi connectivity index (χ1v) is 10.5. The van der Waals surface area contributed by atoms with Gasteiger partial charge in [-0.05, 0) is 29.2 Å². The van der Waals surface area contributed by atoms with Crippen LogP contribution < -0.4 is 21.1 Å². The lowest BCUT2D eigenvalue weighted by molar-refractivity contribution is -0.274. The van der Waals surface area contributed by atoms with Crippen LogP contribution in [-0.4, -0.2) is 33.5 Å². The summed E-state index contributed by atoms with van der Waals surface area (Å²) in [4.78, 5) is 7.40. The molecule has 3 heterocycles. The number of fused-ring (bicyclic) bond motifs is 1. The van der Waals surface area contributed by atoms with Crippen LogP contribution in [0.3, 0.4) is 0 Å². The highest BCUT2D eigenvalue weighted by molar-refractivity contribution is 6.02. The van der Waals surface area contributed by atoms with Crippen molar-refractivity contribution >= 4 is 11.6 Å². The lowest BCUT2D eigenvalue weighted by atomic mass is 9.95. The van der Waals surface area contributed by atoms with E-state index in [1.54, 1.807) is 36.3 Å². The van der Waals surface area contributed by atoms with Crippen LogP contribution in [0.15, 0.2) is 71.2 Å². The molecule has 2 aromatic rings. The maximum absolute atomic E-state index is 13.4. The van der Waals surface area contributed by atoms with Gasteiger partial charge in [0.05, 0.1) is 17.6 Å². The Morgan fingerprint density at radius 1 is 1.09 bits per heavy atom. The monoisotopic (exact) mass is 473 g/mol. The third-order valence-electron chi connectivity index (χ3n) is 5.16. The van der Waals surface area contributed by atoms with Gasteiger partial charge in [-0.1, -0.05) is 26.8 Å². The Morgan fingerprint density at radius 3 is 2.44 bits per heavy atom. The second-order valence-corrected chi connectivity index (χ2v) is 9.28. The number of hydrogen-bond donors (Lipinski definition) is 2. The van der Waals surface area contributed by atoms with E-state index in [1.807, 2.05) is 11.1 Å². The maximum atomic E-state index is 13.4. The SMILES string of the molecule is Cn1cc(-c2ccc(N3C(N)=NC=C4C=CN(CC(C)(C)C)C(N)=C43)c(OC(F)(F)F)c2)cn1. The van der Waals surface area contributed by atoms with Gasteiger partial charge in [0.1, 0.15) is 5.82 Å². The zero-order valence-electron chi connectivity index (χ0n) is 19.3. The number of aliphatic imine (C=N–C) groups is 1. The zero-order chi connectivity index (χ0) is 24.8. The molecule has 0 saturated carbocycles. The fraction of sp³-hybridized carbons (Fsp3) is 0.304. The maximum Gasteiger partial charge on any atom is 0.573 e. The van der Waals surface area contributed by atoms with Crippen molar-refractivity contribution in [1.29, 1.82) is 0 Å². The molecule has 0 spiro atoms. The third-order valence-corrected chi connectivity index (χ3v) is 5.16. The van der Waals surface area contributed by atoms with Gasteiger partial charge in [-0.2, -0.15) is 5.10 Å². The number of nitrogens with two attached hydrogens (primary N) is 2. The summed E-state index contributed by atoms with van der Waals surface area (Å²) in [5, 5.41) is 4.08. The molecule has 0 fully saturated rings. The van der Waals surface area contributed by atoms with Gasteiger partial charge in [-0.3, -0.25) is 9.58 Å². The number of ether oxygens (including phenoxy) is 1. The number of aromatic nitrogens is 2. The summed E-state index contributed by atoms with van der Waals surface area (Å²) in [5.74, 6) is -0.129. The standard InChI is InChI=1S/C23H26F3N7O/c1-22(2,3)13-32-8-7-15-10-29-21(28)33(19(15)20(32)27)17-6-5-14(16-11-30-31(4)12-16)9-18(17)34-23(24,25)26/h5-12H,13,27H2,1-4H3,(H2,28,29). The van der Waals surface area contributed by atoms with Crippen LogP contribution in [0.1, 0.15) is 20.8 Å².